The third-order valence-electron chi connectivity index (χ3n) is 3.96. The minimum Gasteiger partial charge on any atom is -0.368 e. The number of primary amides is 1. The van der Waals surface area contributed by atoms with Crippen LogP contribution in [0, 0.1) is 0 Å². The summed E-state index contributed by atoms with van der Waals surface area (Å²) in [6.07, 6.45) is 3.44. The molecule has 5 heteroatoms. The topological polar surface area (TPSA) is 76.3 Å². The summed E-state index contributed by atoms with van der Waals surface area (Å²) < 4.78 is 0. The van der Waals surface area contributed by atoms with E-state index in [-0.39, 0.29) is 11.9 Å². The van der Waals surface area contributed by atoms with E-state index < -0.39 is 0 Å². The quantitative estimate of drug-likeness (QED) is 0.873. The molecule has 0 bridgehead atoms. The van der Waals surface area contributed by atoms with Crippen molar-refractivity contribution in [3.05, 3.63) is 35.9 Å². The number of para-hydroxylation sites is 1. The number of nitrogens with two attached hydrogens (primary N) is 1. The molecule has 3 rings (SSSR count). The van der Waals surface area contributed by atoms with Gasteiger partial charge < -0.3 is 10.6 Å². The molecule has 2 aromatic rings. The van der Waals surface area contributed by atoms with Crippen molar-refractivity contribution < 1.29 is 9.59 Å². The van der Waals surface area contributed by atoms with Crippen LogP contribution in [0.25, 0.3) is 10.9 Å². The molecule has 1 aliphatic rings. The highest BCUT2D eigenvalue weighted by Gasteiger charge is 2.29. The maximum Gasteiger partial charge on any atom is 0.240 e. The van der Waals surface area contributed by atoms with Crippen molar-refractivity contribution in [3.8, 4) is 0 Å². The maximum absolute atomic E-state index is 11.7. The van der Waals surface area contributed by atoms with E-state index in [4.69, 9.17) is 5.73 Å². The van der Waals surface area contributed by atoms with Crippen LogP contribution in [0.5, 0.6) is 0 Å². The van der Waals surface area contributed by atoms with Crippen LogP contribution < -0.4 is 10.6 Å². The van der Waals surface area contributed by atoms with E-state index in [1.54, 1.807) is 0 Å². The molecule has 21 heavy (non-hydrogen) atoms. The number of fused-ring (bicyclic) bond motifs is 1. The van der Waals surface area contributed by atoms with Crippen LogP contribution in [-0.2, 0) is 4.79 Å². The minimum absolute atomic E-state index is 0.360. The van der Waals surface area contributed by atoms with Crippen molar-refractivity contribution in [2.75, 3.05) is 11.4 Å². The smallest absolute Gasteiger partial charge is 0.240 e. The van der Waals surface area contributed by atoms with E-state index >= 15 is 0 Å². The normalized spacial score (nSPS) is 18.7. The van der Waals surface area contributed by atoms with Gasteiger partial charge in [-0.2, -0.15) is 0 Å². The Labute approximate surface area is 122 Å². The van der Waals surface area contributed by atoms with E-state index in [1.807, 2.05) is 35.2 Å². The molecule has 5 nitrogen and oxygen atoms in total. The lowest BCUT2D eigenvalue weighted by Gasteiger charge is -2.35. The minimum atomic E-state index is -0.383. The van der Waals surface area contributed by atoms with Crippen molar-refractivity contribution in [3.63, 3.8) is 0 Å². The lowest BCUT2D eigenvalue weighted by molar-refractivity contribution is -0.119. The molecular weight excluding hydrogens is 266 g/mol. The number of hydrogen-bond donors (Lipinski definition) is 1. The molecule has 0 spiro atoms. The first-order valence-corrected chi connectivity index (χ1v) is 7.11. The van der Waals surface area contributed by atoms with Crippen molar-refractivity contribution in [1.82, 2.24) is 4.98 Å². The molecule has 1 unspecified atom stereocenters. The fraction of sp³-hybridized carbons (Fsp3) is 0.312. The number of anilines is 1. The first kappa shape index (κ1) is 13.5. The summed E-state index contributed by atoms with van der Waals surface area (Å²) in [6.45, 7) is 0.694. The van der Waals surface area contributed by atoms with E-state index in [2.05, 4.69) is 4.98 Å². The van der Waals surface area contributed by atoms with Crippen LogP contribution in [-0.4, -0.2) is 29.8 Å². The molecular formula is C16H17N3O2. The van der Waals surface area contributed by atoms with Crippen LogP contribution in [0.1, 0.15) is 29.6 Å². The molecule has 0 saturated carbocycles. The Balaban J connectivity index is 2.12. The predicted octanol–water partition coefficient (Wildman–Crippen LogP) is 1.89. The van der Waals surface area contributed by atoms with E-state index in [1.165, 1.54) is 0 Å². The summed E-state index contributed by atoms with van der Waals surface area (Å²) in [6, 6.07) is 9.06. The fourth-order valence-corrected chi connectivity index (χ4v) is 2.92. The van der Waals surface area contributed by atoms with Crippen molar-refractivity contribution in [1.29, 1.82) is 0 Å². The molecule has 0 radical (unpaired) electrons. The summed E-state index contributed by atoms with van der Waals surface area (Å²) in [5.41, 5.74) is 6.82. The number of carbonyl (C=O) groups is 2. The Kier molecular flexibility index (Phi) is 3.56. The Morgan fingerprint density at radius 3 is 2.90 bits per heavy atom. The van der Waals surface area contributed by atoms with Crippen molar-refractivity contribution in [2.45, 2.75) is 25.3 Å². The molecule has 1 aliphatic heterocycles. The molecule has 1 aromatic carbocycles. The van der Waals surface area contributed by atoms with Gasteiger partial charge in [-0.25, -0.2) is 4.98 Å². The predicted molar refractivity (Wildman–Crippen MR) is 81.3 cm³/mol. The number of aldehydes is 1. The Hall–Kier alpha value is -2.43. The van der Waals surface area contributed by atoms with Gasteiger partial charge in [-0.1, -0.05) is 18.2 Å². The highest BCUT2D eigenvalue weighted by molar-refractivity contribution is 5.93. The monoisotopic (exact) mass is 283 g/mol. The van der Waals surface area contributed by atoms with Crippen LogP contribution in [0.15, 0.2) is 30.3 Å². The number of rotatable bonds is 3. The van der Waals surface area contributed by atoms with Crippen LogP contribution in [0.2, 0.25) is 0 Å². The van der Waals surface area contributed by atoms with Gasteiger partial charge in [0.15, 0.2) is 6.29 Å². The van der Waals surface area contributed by atoms with Gasteiger partial charge in [0.2, 0.25) is 5.91 Å². The number of nitrogens with zero attached hydrogens (tertiary/aromatic N) is 2. The zero-order valence-electron chi connectivity index (χ0n) is 11.7. The lowest BCUT2D eigenvalue weighted by atomic mass is 10.0. The second kappa shape index (κ2) is 5.52. The summed E-state index contributed by atoms with van der Waals surface area (Å²) in [5, 5.41) is 0.913. The average Bonchev–Trinajstić information content (AvgIpc) is 2.53. The van der Waals surface area contributed by atoms with Crippen molar-refractivity contribution >= 4 is 28.9 Å². The molecule has 1 fully saturated rings. The van der Waals surface area contributed by atoms with Crippen LogP contribution in [0.4, 0.5) is 5.82 Å². The van der Waals surface area contributed by atoms with Gasteiger partial charge in [-0.15, -0.1) is 0 Å². The fourth-order valence-electron chi connectivity index (χ4n) is 2.92. The number of benzene rings is 1. The molecule has 108 valence electrons. The van der Waals surface area contributed by atoms with Crippen molar-refractivity contribution in [2.24, 2.45) is 5.73 Å². The third-order valence-corrected chi connectivity index (χ3v) is 3.96. The Morgan fingerprint density at radius 2 is 2.14 bits per heavy atom. The SMILES string of the molecule is NC(=O)C1CCCCN1c1nc2ccccc2cc1C=O. The highest BCUT2D eigenvalue weighted by Crippen LogP contribution is 2.28. The van der Waals surface area contributed by atoms with Gasteiger partial charge in [0, 0.05) is 11.9 Å². The number of piperidine rings is 1. The van der Waals surface area contributed by atoms with Crippen LogP contribution >= 0.6 is 0 Å². The largest absolute Gasteiger partial charge is 0.368 e. The molecule has 1 saturated heterocycles. The van der Waals surface area contributed by atoms with E-state index in [0.717, 1.165) is 30.0 Å². The first-order chi connectivity index (χ1) is 10.2. The Bertz CT molecular complexity index is 699. The number of hydrogen-bond acceptors (Lipinski definition) is 4. The second-order valence-corrected chi connectivity index (χ2v) is 5.32. The molecule has 0 aliphatic carbocycles. The molecule has 1 aromatic heterocycles. The van der Waals surface area contributed by atoms with Gasteiger partial charge in [0.25, 0.3) is 0 Å². The molecule has 2 heterocycles. The molecule has 2 N–H and O–H groups in total. The Morgan fingerprint density at radius 1 is 1.33 bits per heavy atom. The lowest BCUT2D eigenvalue weighted by Crippen LogP contribution is -2.48. The summed E-state index contributed by atoms with van der Waals surface area (Å²) >= 11 is 0. The van der Waals surface area contributed by atoms with Crippen LogP contribution in [0.3, 0.4) is 0 Å². The van der Waals surface area contributed by atoms with Gasteiger partial charge >= 0.3 is 0 Å². The van der Waals surface area contributed by atoms with Gasteiger partial charge in [0.05, 0.1) is 11.1 Å². The number of amides is 1. The number of pyridine rings is 1. The highest BCUT2D eigenvalue weighted by atomic mass is 16.1. The first-order valence-electron chi connectivity index (χ1n) is 7.11. The van der Waals surface area contributed by atoms with E-state index in [9.17, 15) is 9.59 Å². The van der Waals surface area contributed by atoms with Gasteiger partial charge in [-0.05, 0) is 31.4 Å². The zero-order chi connectivity index (χ0) is 14.8. The molecule has 1 atom stereocenters. The van der Waals surface area contributed by atoms with Gasteiger partial charge in [-0.3, -0.25) is 9.59 Å². The zero-order valence-corrected chi connectivity index (χ0v) is 11.7. The van der Waals surface area contributed by atoms with E-state index in [0.29, 0.717) is 24.3 Å². The standard InChI is InChI=1S/C16H17N3O2/c17-15(21)14-7-3-4-8-19(14)16-12(10-20)9-11-5-1-2-6-13(11)18-16/h1-2,5-6,9-10,14H,3-4,7-8H2,(H2,17,21). The maximum atomic E-state index is 11.7. The summed E-state index contributed by atoms with van der Waals surface area (Å²) in [7, 11) is 0. The number of aromatic nitrogens is 1. The average molecular weight is 283 g/mol. The summed E-state index contributed by atoms with van der Waals surface area (Å²) in [5.74, 6) is 0.203. The second-order valence-electron chi connectivity index (χ2n) is 5.32. The van der Waals surface area contributed by atoms with Gasteiger partial charge in [0.1, 0.15) is 11.9 Å². The summed E-state index contributed by atoms with van der Waals surface area (Å²) in [4.78, 5) is 29.5. The molecule has 1 amide bonds. The number of carbonyl (C=O) groups excluding carboxylic acids is 2. The third kappa shape index (κ3) is 2.46.